The smallest absolute Gasteiger partial charge is 0.291 e. The van der Waals surface area contributed by atoms with Crippen LogP contribution < -0.4 is 10.1 Å². The van der Waals surface area contributed by atoms with Crippen molar-refractivity contribution < 1.29 is 9.53 Å². The van der Waals surface area contributed by atoms with Gasteiger partial charge in [0, 0.05) is 11.5 Å². The largest absolute Gasteiger partial charge is 0.491 e. The van der Waals surface area contributed by atoms with Gasteiger partial charge in [0.15, 0.2) is 0 Å². The maximum absolute atomic E-state index is 12.1. The highest BCUT2D eigenvalue weighted by Crippen LogP contribution is 2.31. The Morgan fingerprint density at radius 2 is 2.25 bits per heavy atom. The molecule has 0 fully saturated rings. The summed E-state index contributed by atoms with van der Waals surface area (Å²) in [6.07, 6.45) is 0. The SMILES string of the molecule is CC(C)c1nc(C(=O)NC2COc3ccccc32)n[nH]1. The first-order valence-corrected chi connectivity index (χ1v) is 6.60. The summed E-state index contributed by atoms with van der Waals surface area (Å²) in [4.78, 5) is 16.3. The first-order chi connectivity index (χ1) is 9.65. The number of fused-ring (bicyclic) bond motifs is 1. The summed E-state index contributed by atoms with van der Waals surface area (Å²) >= 11 is 0. The predicted octanol–water partition coefficient (Wildman–Crippen LogP) is 1.79. The van der Waals surface area contributed by atoms with Crippen molar-refractivity contribution in [2.45, 2.75) is 25.8 Å². The second-order valence-corrected chi connectivity index (χ2v) is 5.07. The Labute approximate surface area is 116 Å². The lowest BCUT2D eigenvalue weighted by molar-refractivity contribution is 0.0920. The van der Waals surface area contributed by atoms with Crippen LogP contribution >= 0.6 is 0 Å². The zero-order valence-electron chi connectivity index (χ0n) is 11.4. The van der Waals surface area contributed by atoms with Gasteiger partial charge in [0.05, 0.1) is 6.04 Å². The van der Waals surface area contributed by atoms with Crippen LogP contribution in [0.2, 0.25) is 0 Å². The van der Waals surface area contributed by atoms with Gasteiger partial charge in [-0.2, -0.15) is 0 Å². The van der Waals surface area contributed by atoms with E-state index >= 15 is 0 Å². The maximum Gasteiger partial charge on any atom is 0.291 e. The van der Waals surface area contributed by atoms with Crippen molar-refractivity contribution in [1.82, 2.24) is 20.5 Å². The summed E-state index contributed by atoms with van der Waals surface area (Å²) in [6.45, 7) is 4.42. The number of ether oxygens (including phenoxy) is 1. The van der Waals surface area contributed by atoms with E-state index in [9.17, 15) is 4.79 Å². The molecule has 2 aromatic rings. The standard InChI is InChI=1S/C14H16N4O2/c1-8(2)12-16-13(18-17-12)14(19)15-10-7-20-11-6-4-3-5-9(10)11/h3-6,8,10H,7H2,1-2H3,(H,15,19)(H,16,17,18). The molecule has 1 amide bonds. The quantitative estimate of drug-likeness (QED) is 0.892. The number of para-hydroxylation sites is 1. The van der Waals surface area contributed by atoms with E-state index in [-0.39, 0.29) is 23.7 Å². The van der Waals surface area contributed by atoms with Crippen LogP contribution in [0.3, 0.4) is 0 Å². The van der Waals surface area contributed by atoms with Crippen LogP contribution in [0.25, 0.3) is 0 Å². The van der Waals surface area contributed by atoms with Crippen molar-refractivity contribution in [1.29, 1.82) is 0 Å². The number of rotatable bonds is 3. The van der Waals surface area contributed by atoms with Crippen LogP contribution in [0, 0.1) is 0 Å². The highest BCUT2D eigenvalue weighted by molar-refractivity contribution is 5.90. The number of aromatic nitrogens is 3. The number of carbonyl (C=O) groups is 1. The summed E-state index contributed by atoms with van der Waals surface area (Å²) in [7, 11) is 0. The van der Waals surface area contributed by atoms with Gasteiger partial charge < -0.3 is 10.1 Å². The fourth-order valence-corrected chi connectivity index (χ4v) is 2.14. The van der Waals surface area contributed by atoms with Crippen LogP contribution in [0.15, 0.2) is 24.3 Å². The maximum atomic E-state index is 12.1. The summed E-state index contributed by atoms with van der Waals surface area (Å²) in [5.74, 6) is 1.60. The second-order valence-electron chi connectivity index (χ2n) is 5.07. The summed E-state index contributed by atoms with van der Waals surface area (Å²) in [6, 6.07) is 7.53. The van der Waals surface area contributed by atoms with E-state index in [1.54, 1.807) is 0 Å². The van der Waals surface area contributed by atoms with Gasteiger partial charge in [-0.3, -0.25) is 9.89 Å². The molecule has 2 N–H and O–H groups in total. The molecule has 0 radical (unpaired) electrons. The van der Waals surface area contributed by atoms with E-state index in [0.717, 1.165) is 11.3 Å². The minimum absolute atomic E-state index is 0.153. The van der Waals surface area contributed by atoms with E-state index in [0.29, 0.717) is 12.4 Å². The molecule has 1 aromatic carbocycles. The molecule has 1 aromatic heterocycles. The summed E-state index contributed by atoms with van der Waals surface area (Å²) < 4.78 is 5.53. The second kappa shape index (κ2) is 4.96. The van der Waals surface area contributed by atoms with Crippen molar-refractivity contribution in [3.63, 3.8) is 0 Å². The third kappa shape index (κ3) is 2.24. The van der Waals surface area contributed by atoms with Crippen LogP contribution in [-0.2, 0) is 0 Å². The fraction of sp³-hybridized carbons (Fsp3) is 0.357. The van der Waals surface area contributed by atoms with Gasteiger partial charge in [-0.1, -0.05) is 32.0 Å². The molecule has 0 aliphatic carbocycles. The highest BCUT2D eigenvalue weighted by atomic mass is 16.5. The number of carbonyl (C=O) groups excluding carboxylic acids is 1. The van der Waals surface area contributed by atoms with E-state index in [4.69, 9.17) is 4.74 Å². The monoisotopic (exact) mass is 272 g/mol. The summed E-state index contributed by atoms with van der Waals surface area (Å²) in [5.41, 5.74) is 0.987. The van der Waals surface area contributed by atoms with Gasteiger partial charge in [0.2, 0.25) is 5.82 Å². The molecule has 1 atom stereocenters. The Morgan fingerprint density at radius 1 is 1.45 bits per heavy atom. The van der Waals surface area contributed by atoms with Crippen LogP contribution in [0.5, 0.6) is 5.75 Å². The molecule has 6 nitrogen and oxygen atoms in total. The number of nitrogens with one attached hydrogen (secondary N) is 2. The zero-order chi connectivity index (χ0) is 14.1. The Kier molecular flexibility index (Phi) is 3.14. The van der Waals surface area contributed by atoms with Gasteiger partial charge in [-0.25, -0.2) is 4.98 Å². The van der Waals surface area contributed by atoms with Gasteiger partial charge in [0.1, 0.15) is 18.2 Å². The van der Waals surface area contributed by atoms with Crippen LogP contribution in [0.1, 0.15) is 47.8 Å². The molecular weight excluding hydrogens is 256 g/mol. The van der Waals surface area contributed by atoms with E-state index in [1.165, 1.54) is 0 Å². The molecule has 0 bridgehead atoms. The van der Waals surface area contributed by atoms with Crippen molar-refractivity contribution in [2.75, 3.05) is 6.61 Å². The van der Waals surface area contributed by atoms with Gasteiger partial charge in [-0.15, -0.1) is 5.10 Å². The average Bonchev–Trinajstić information content (AvgIpc) is 3.06. The van der Waals surface area contributed by atoms with E-state index < -0.39 is 0 Å². The third-order valence-electron chi connectivity index (χ3n) is 3.26. The zero-order valence-corrected chi connectivity index (χ0v) is 11.4. The molecule has 1 unspecified atom stereocenters. The number of aromatic amines is 1. The lowest BCUT2D eigenvalue weighted by atomic mass is 10.1. The fourth-order valence-electron chi connectivity index (χ4n) is 2.14. The average molecular weight is 272 g/mol. The molecular formula is C14H16N4O2. The molecule has 0 spiro atoms. The first kappa shape index (κ1) is 12.7. The highest BCUT2D eigenvalue weighted by Gasteiger charge is 2.26. The Bertz CT molecular complexity index is 636. The topological polar surface area (TPSA) is 79.9 Å². The van der Waals surface area contributed by atoms with E-state index in [2.05, 4.69) is 20.5 Å². The lowest BCUT2D eigenvalue weighted by Crippen LogP contribution is -2.30. The molecule has 6 heteroatoms. The number of benzene rings is 1. The number of nitrogens with zero attached hydrogens (tertiary/aromatic N) is 2. The van der Waals surface area contributed by atoms with Gasteiger partial charge in [0.25, 0.3) is 5.91 Å². The van der Waals surface area contributed by atoms with Gasteiger partial charge in [-0.05, 0) is 6.07 Å². The minimum atomic E-state index is -0.293. The normalized spacial score (nSPS) is 16.9. The molecule has 2 heterocycles. The molecule has 104 valence electrons. The molecule has 0 saturated carbocycles. The lowest BCUT2D eigenvalue weighted by Gasteiger charge is -2.09. The Balaban J connectivity index is 1.73. The summed E-state index contributed by atoms with van der Waals surface area (Å²) in [5, 5.41) is 9.62. The minimum Gasteiger partial charge on any atom is -0.491 e. The van der Waals surface area contributed by atoms with Crippen molar-refractivity contribution in [3.8, 4) is 5.75 Å². The Hall–Kier alpha value is -2.37. The molecule has 1 aliphatic heterocycles. The predicted molar refractivity (Wildman–Crippen MR) is 72.6 cm³/mol. The van der Waals surface area contributed by atoms with Crippen molar-refractivity contribution in [3.05, 3.63) is 41.5 Å². The molecule has 1 aliphatic rings. The van der Waals surface area contributed by atoms with Crippen LogP contribution in [0.4, 0.5) is 0 Å². The van der Waals surface area contributed by atoms with Crippen molar-refractivity contribution in [2.24, 2.45) is 0 Å². The molecule has 20 heavy (non-hydrogen) atoms. The number of H-pyrrole nitrogens is 1. The van der Waals surface area contributed by atoms with Gasteiger partial charge >= 0.3 is 0 Å². The Morgan fingerprint density at radius 3 is 3.00 bits per heavy atom. The number of hydrogen-bond acceptors (Lipinski definition) is 4. The number of hydrogen-bond donors (Lipinski definition) is 2. The third-order valence-corrected chi connectivity index (χ3v) is 3.26. The first-order valence-electron chi connectivity index (χ1n) is 6.60. The number of amides is 1. The molecule has 0 saturated heterocycles. The van der Waals surface area contributed by atoms with Crippen LogP contribution in [-0.4, -0.2) is 27.7 Å². The van der Waals surface area contributed by atoms with Crippen molar-refractivity contribution >= 4 is 5.91 Å². The molecule has 3 rings (SSSR count). The van der Waals surface area contributed by atoms with E-state index in [1.807, 2.05) is 38.1 Å².